The van der Waals surface area contributed by atoms with Crippen LogP contribution in [0, 0.1) is 0 Å². The average Bonchev–Trinajstić information content (AvgIpc) is 3.21. The lowest BCUT2D eigenvalue weighted by Crippen LogP contribution is -2.10. The quantitative estimate of drug-likeness (QED) is 0.141. The smallest absolute Gasteiger partial charge is 0.0540 e. The lowest BCUT2D eigenvalue weighted by Gasteiger charge is -2.27. The number of hydrogen-bond acceptors (Lipinski definition) is 2. The van der Waals surface area contributed by atoms with Crippen molar-refractivity contribution in [3.05, 3.63) is 206 Å². The van der Waals surface area contributed by atoms with Crippen molar-refractivity contribution >= 4 is 56.1 Å². The Labute approximate surface area is 306 Å². The maximum Gasteiger partial charge on any atom is 0.0540 e. The summed E-state index contributed by atoms with van der Waals surface area (Å²) < 4.78 is 0. The molecule has 0 aromatic heterocycles. The third-order valence-corrected chi connectivity index (χ3v) is 9.75. The van der Waals surface area contributed by atoms with Crippen molar-refractivity contribution in [2.24, 2.45) is 0 Å². The number of benzene rings is 8. The zero-order chi connectivity index (χ0) is 35.3. The summed E-state index contributed by atoms with van der Waals surface area (Å²) in [6, 6.07) is 65.6. The van der Waals surface area contributed by atoms with Crippen LogP contribution in [0.5, 0.6) is 0 Å². The summed E-state index contributed by atoms with van der Waals surface area (Å²) in [5.74, 6) is 0. The Kier molecular flexibility index (Phi) is 9.19. The van der Waals surface area contributed by atoms with E-state index in [-0.39, 0.29) is 0 Å². The van der Waals surface area contributed by atoms with E-state index in [1.54, 1.807) is 0 Å². The fraction of sp³-hybridized carbons (Fsp3) is 0.0400. The molecule has 0 saturated carbocycles. The zero-order valence-corrected chi connectivity index (χ0v) is 29.5. The van der Waals surface area contributed by atoms with Gasteiger partial charge in [0.15, 0.2) is 0 Å². The summed E-state index contributed by atoms with van der Waals surface area (Å²) in [4.78, 5) is 4.66. The predicted molar refractivity (Wildman–Crippen MR) is 225 cm³/mol. The van der Waals surface area contributed by atoms with Gasteiger partial charge in [0.05, 0.1) is 5.69 Å². The van der Waals surface area contributed by atoms with Crippen LogP contribution in [-0.2, 0) is 0 Å². The molecule has 8 aromatic carbocycles. The largest absolute Gasteiger partial charge is 0.344 e. The van der Waals surface area contributed by atoms with Gasteiger partial charge < -0.3 is 9.80 Å². The minimum Gasteiger partial charge on any atom is -0.344 e. The number of fused-ring (bicyclic) bond motifs is 2. The third-order valence-electron chi connectivity index (χ3n) is 9.75. The van der Waals surface area contributed by atoms with E-state index in [1.807, 2.05) is 13.0 Å². The number of rotatable bonds is 9. The highest BCUT2D eigenvalue weighted by Crippen LogP contribution is 2.41. The highest BCUT2D eigenvalue weighted by molar-refractivity contribution is 6.00. The van der Waals surface area contributed by atoms with E-state index in [9.17, 15) is 0 Å². The van der Waals surface area contributed by atoms with Crippen molar-refractivity contribution in [3.8, 4) is 22.3 Å². The van der Waals surface area contributed by atoms with Gasteiger partial charge in [-0.15, -0.1) is 0 Å². The summed E-state index contributed by atoms with van der Waals surface area (Å²) >= 11 is 0. The van der Waals surface area contributed by atoms with Gasteiger partial charge >= 0.3 is 0 Å². The lowest BCUT2D eigenvalue weighted by atomic mass is 10.0. The molecule has 0 bridgehead atoms. The van der Waals surface area contributed by atoms with Gasteiger partial charge in [-0.3, -0.25) is 0 Å². The van der Waals surface area contributed by atoms with Crippen LogP contribution >= 0.6 is 0 Å². The SMILES string of the molecule is C/C=C\C=C/c1cc(N(C)c2ccc(-c3ccc(N(c4cccc(-c5ccccc5)c4)c4cccc5ccccc45)cc3)cc2)c2ccccc2c1. The first-order valence-corrected chi connectivity index (χ1v) is 17.9. The molecule has 8 rings (SSSR count). The minimum absolute atomic E-state index is 1.11. The van der Waals surface area contributed by atoms with Gasteiger partial charge in [0.1, 0.15) is 0 Å². The van der Waals surface area contributed by atoms with E-state index < -0.39 is 0 Å². The first kappa shape index (κ1) is 32.6. The van der Waals surface area contributed by atoms with Gasteiger partial charge in [-0.05, 0) is 100 Å². The van der Waals surface area contributed by atoms with Crippen molar-refractivity contribution in [3.63, 3.8) is 0 Å². The van der Waals surface area contributed by atoms with Crippen LogP contribution in [0.4, 0.5) is 28.4 Å². The predicted octanol–water partition coefficient (Wildman–Crippen LogP) is 14.2. The molecule has 0 spiro atoms. The third kappa shape index (κ3) is 6.63. The molecule has 0 fully saturated rings. The van der Waals surface area contributed by atoms with Crippen molar-refractivity contribution < 1.29 is 0 Å². The average molecular weight is 669 g/mol. The van der Waals surface area contributed by atoms with Crippen LogP contribution in [0.15, 0.2) is 200 Å². The number of nitrogens with zero attached hydrogens (tertiary/aromatic N) is 2. The standard InChI is InChI=1S/C50H40N2/c1-3-4-6-15-37-34-43-19-10-12-24-48(43)50(35-37)51(2)44-30-26-39(27-31-44)40-28-32-45(33-29-40)52(49-25-14-20-41-18-9-11-23-47(41)49)46-22-13-21-42(36-46)38-16-7-5-8-17-38/h3-36H,1-2H3/b4-3-,15-6-. The second kappa shape index (κ2) is 14.7. The molecule has 0 radical (unpaired) electrons. The van der Waals surface area contributed by atoms with Crippen molar-refractivity contribution in [2.75, 3.05) is 16.8 Å². The van der Waals surface area contributed by atoms with E-state index in [0.717, 1.165) is 22.7 Å². The maximum atomic E-state index is 2.38. The molecule has 0 aliphatic rings. The zero-order valence-electron chi connectivity index (χ0n) is 29.5. The van der Waals surface area contributed by atoms with Crippen LogP contribution in [0.1, 0.15) is 12.5 Å². The summed E-state index contributed by atoms with van der Waals surface area (Å²) in [6.07, 6.45) is 8.37. The molecule has 250 valence electrons. The molecule has 0 N–H and O–H groups in total. The van der Waals surface area contributed by atoms with Crippen molar-refractivity contribution in [2.45, 2.75) is 6.92 Å². The monoisotopic (exact) mass is 668 g/mol. The molecule has 52 heavy (non-hydrogen) atoms. The molecule has 2 nitrogen and oxygen atoms in total. The lowest BCUT2D eigenvalue weighted by molar-refractivity contribution is 1.22. The summed E-state index contributed by atoms with van der Waals surface area (Å²) in [5, 5.41) is 4.90. The number of allylic oxidation sites excluding steroid dienone is 3. The Morgan fingerprint density at radius 1 is 0.404 bits per heavy atom. The van der Waals surface area contributed by atoms with E-state index in [4.69, 9.17) is 0 Å². The summed E-state index contributed by atoms with van der Waals surface area (Å²) in [7, 11) is 2.15. The molecule has 0 amide bonds. The van der Waals surface area contributed by atoms with Crippen LogP contribution in [0.3, 0.4) is 0 Å². The molecule has 0 unspecified atom stereocenters. The first-order chi connectivity index (χ1) is 25.7. The van der Waals surface area contributed by atoms with E-state index in [0.29, 0.717) is 0 Å². The Balaban J connectivity index is 1.13. The molecule has 0 atom stereocenters. The normalized spacial score (nSPS) is 11.5. The fourth-order valence-corrected chi connectivity index (χ4v) is 7.07. The van der Waals surface area contributed by atoms with Crippen LogP contribution < -0.4 is 9.80 Å². The van der Waals surface area contributed by atoms with Crippen LogP contribution in [0.25, 0.3) is 49.9 Å². The second-order valence-electron chi connectivity index (χ2n) is 13.0. The van der Waals surface area contributed by atoms with Gasteiger partial charge in [-0.2, -0.15) is 0 Å². The molecule has 8 aromatic rings. The Bertz CT molecular complexity index is 2520. The Hall–Kier alpha value is -6.64. The molecular formula is C50H40N2. The maximum absolute atomic E-state index is 2.38. The summed E-state index contributed by atoms with van der Waals surface area (Å²) in [6.45, 7) is 2.04. The highest BCUT2D eigenvalue weighted by atomic mass is 15.1. The Morgan fingerprint density at radius 2 is 0.981 bits per heavy atom. The van der Waals surface area contributed by atoms with Gasteiger partial charge in [0.25, 0.3) is 0 Å². The minimum atomic E-state index is 1.11. The van der Waals surface area contributed by atoms with Crippen molar-refractivity contribution in [1.82, 2.24) is 0 Å². The highest BCUT2D eigenvalue weighted by Gasteiger charge is 2.17. The van der Waals surface area contributed by atoms with E-state index in [2.05, 4.69) is 217 Å². The van der Waals surface area contributed by atoms with Gasteiger partial charge in [-0.25, -0.2) is 0 Å². The van der Waals surface area contributed by atoms with Crippen LogP contribution in [0.2, 0.25) is 0 Å². The van der Waals surface area contributed by atoms with Gasteiger partial charge in [0.2, 0.25) is 0 Å². The number of hydrogen-bond donors (Lipinski definition) is 0. The van der Waals surface area contributed by atoms with Crippen molar-refractivity contribution in [1.29, 1.82) is 0 Å². The second-order valence-corrected chi connectivity index (χ2v) is 13.0. The van der Waals surface area contributed by atoms with E-state index in [1.165, 1.54) is 55.0 Å². The molecule has 0 aliphatic carbocycles. The van der Waals surface area contributed by atoms with Gasteiger partial charge in [-0.1, -0.05) is 152 Å². The fourth-order valence-electron chi connectivity index (χ4n) is 7.07. The molecular weight excluding hydrogens is 629 g/mol. The van der Waals surface area contributed by atoms with Gasteiger partial charge in [0, 0.05) is 40.6 Å². The molecule has 0 saturated heterocycles. The number of anilines is 5. The van der Waals surface area contributed by atoms with E-state index >= 15 is 0 Å². The van der Waals surface area contributed by atoms with Crippen LogP contribution in [-0.4, -0.2) is 7.05 Å². The Morgan fingerprint density at radius 3 is 1.71 bits per heavy atom. The molecule has 2 heteroatoms. The topological polar surface area (TPSA) is 6.48 Å². The first-order valence-electron chi connectivity index (χ1n) is 17.9. The molecule has 0 aliphatic heterocycles. The molecule has 0 heterocycles. The summed E-state index contributed by atoms with van der Waals surface area (Å²) in [5.41, 5.74) is 11.6.